The lowest BCUT2D eigenvalue weighted by molar-refractivity contribution is 0.0945. The Morgan fingerprint density at radius 2 is 2.00 bits per heavy atom. The number of amides is 1. The molecule has 0 radical (unpaired) electrons. The number of aromatic nitrogens is 2. The van der Waals surface area contributed by atoms with E-state index in [1.54, 1.807) is 25.1 Å². The number of rotatable bonds is 3. The molecule has 0 aliphatic heterocycles. The largest absolute Gasteiger partial charge is 0.347 e. The number of hydrogen-bond donors (Lipinski definition) is 1. The van der Waals surface area contributed by atoms with Gasteiger partial charge in [-0.1, -0.05) is 12.1 Å². The summed E-state index contributed by atoms with van der Waals surface area (Å²) in [6.07, 6.45) is 1.54. The Labute approximate surface area is 104 Å². The highest BCUT2D eigenvalue weighted by atomic mass is 19.1. The SMILES string of the molecule is Cc1nccc(C(=O)NCc2ccc(F)cc2)n1. The first-order valence-electron chi connectivity index (χ1n) is 5.47. The number of nitrogens with one attached hydrogen (secondary N) is 1. The molecule has 5 heteroatoms. The van der Waals surface area contributed by atoms with Crippen molar-refractivity contribution in [1.29, 1.82) is 0 Å². The fraction of sp³-hybridized carbons (Fsp3) is 0.154. The quantitative estimate of drug-likeness (QED) is 0.897. The average Bonchev–Trinajstić information content (AvgIpc) is 2.38. The molecule has 1 aromatic carbocycles. The van der Waals surface area contributed by atoms with Gasteiger partial charge in [0, 0.05) is 12.7 Å². The van der Waals surface area contributed by atoms with Crippen molar-refractivity contribution < 1.29 is 9.18 Å². The second-order valence-corrected chi connectivity index (χ2v) is 3.80. The zero-order valence-corrected chi connectivity index (χ0v) is 9.85. The van der Waals surface area contributed by atoms with E-state index in [0.717, 1.165) is 5.56 Å². The minimum Gasteiger partial charge on any atom is -0.347 e. The van der Waals surface area contributed by atoms with Crippen LogP contribution in [0.4, 0.5) is 4.39 Å². The summed E-state index contributed by atoms with van der Waals surface area (Å²) >= 11 is 0. The van der Waals surface area contributed by atoms with Crippen molar-refractivity contribution in [1.82, 2.24) is 15.3 Å². The molecule has 0 atom stereocenters. The number of hydrogen-bond acceptors (Lipinski definition) is 3. The number of carbonyl (C=O) groups excluding carboxylic acids is 1. The highest BCUT2D eigenvalue weighted by Gasteiger charge is 2.06. The van der Waals surface area contributed by atoms with E-state index in [1.165, 1.54) is 18.3 Å². The van der Waals surface area contributed by atoms with Gasteiger partial charge in [-0.2, -0.15) is 0 Å². The van der Waals surface area contributed by atoms with Gasteiger partial charge in [0.15, 0.2) is 0 Å². The normalized spacial score (nSPS) is 10.1. The fourth-order valence-corrected chi connectivity index (χ4v) is 1.46. The Bertz CT molecular complexity index is 554. The number of carbonyl (C=O) groups is 1. The van der Waals surface area contributed by atoms with Gasteiger partial charge in [0.2, 0.25) is 0 Å². The third-order valence-corrected chi connectivity index (χ3v) is 2.37. The summed E-state index contributed by atoms with van der Waals surface area (Å²) in [6.45, 7) is 2.05. The van der Waals surface area contributed by atoms with E-state index in [2.05, 4.69) is 15.3 Å². The Morgan fingerprint density at radius 1 is 1.28 bits per heavy atom. The predicted molar refractivity (Wildman–Crippen MR) is 64.3 cm³/mol. The van der Waals surface area contributed by atoms with Crippen LogP contribution in [0.1, 0.15) is 21.9 Å². The van der Waals surface area contributed by atoms with Gasteiger partial charge < -0.3 is 5.32 Å². The van der Waals surface area contributed by atoms with E-state index in [-0.39, 0.29) is 11.7 Å². The summed E-state index contributed by atoms with van der Waals surface area (Å²) in [5.74, 6) is -0.0224. The molecule has 18 heavy (non-hydrogen) atoms. The van der Waals surface area contributed by atoms with Crippen LogP contribution < -0.4 is 5.32 Å². The molecular formula is C13H12FN3O. The van der Waals surface area contributed by atoms with E-state index >= 15 is 0 Å². The van der Waals surface area contributed by atoms with Crippen LogP contribution in [0.15, 0.2) is 36.5 Å². The van der Waals surface area contributed by atoms with Crippen LogP contribution >= 0.6 is 0 Å². The zero-order chi connectivity index (χ0) is 13.0. The first-order chi connectivity index (χ1) is 8.65. The summed E-state index contributed by atoms with van der Waals surface area (Å²) in [5.41, 5.74) is 1.15. The molecule has 1 aromatic heterocycles. The molecule has 4 nitrogen and oxygen atoms in total. The Balaban J connectivity index is 1.98. The highest BCUT2D eigenvalue weighted by molar-refractivity contribution is 5.92. The molecule has 0 bridgehead atoms. The third-order valence-electron chi connectivity index (χ3n) is 2.37. The van der Waals surface area contributed by atoms with Crippen molar-refractivity contribution in [3.8, 4) is 0 Å². The Kier molecular flexibility index (Phi) is 3.62. The molecule has 0 spiro atoms. The summed E-state index contributed by atoms with van der Waals surface area (Å²) in [6, 6.07) is 7.52. The molecule has 0 unspecified atom stereocenters. The van der Waals surface area contributed by atoms with E-state index in [9.17, 15) is 9.18 Å². The van der Waals surface area contributed by atoms with Crippen LogP contribution in [0.25, 0.3) is 0 Å². The molecule has 0 fully saturated rings. The summed E-state index contributed by atoms with van der Waals surface area (Å²) < 4.78 is 12.7. The molecular weight excluding hydrogens is 233 g/mol. The lowest BCUT2D eigenvalue weighted by atomic mass is 10.2. The van der Waals surface area contributed by atoms with Crippen molar-refractivity contribution in [2.45, 2.75) is 13.5 Å². The van der Waals surface area contributed by atoms with E-state index in [4.69, 9.17) is 0 Å². The monoisotopic (exact) mass is 245 g/mol. The minimum atomic E-state index is -0.295. The predicted octanol–water partition coefficient (Wildman–Crippen LogP) is 1.85. The number of aryl methyl sites for hydroxylation is 1. The smallest absolute Gasteiger partial charge is 0.270 e. The number of benzene rings is 1. The molecule has 2 aromatic rings. The summed E-state index contributed by atoms with van der Waals surface area (Å²) in [7, 11) is 0. The van der Waals surface area contributed by atoms with Crippen LogP contribution in [-0.4, -0.2) is 15.9 Å². The Morgan fingerprint density at radius 3 is 2.67 bits per heavy atom. The second kappa shape index (κ2) is 5.35. The van der Waals surface area contributed by atoms with Gasteiger partial charge in [-0.3, -0.25) is 4.79 Å². The summed E-state index contributed by atoms with van der Waals surface area (Å²) in [5, 5.41) is 2.71. The van der Waals surface area contributed by atoms with Crippen molar-refractivity contribution in [2.75, 3.05) is 0 Å². The van der Waals surface area contributed by atoms with Crippen LogP contribution in [-0.2, 0) is 6.54 Å². The van der Waals surface area contributed by atoms with E-state index in [0.29, 0.717) is 18.1 Å². The Hall–Kier alpha value is -2.30. The maximum atomic E-state index is 12.7. The van der Waals surface area contributed by atoms with Crippen molar-refractivity contribution in [2.24, 2.45) is 0 Å². The van der Waals surface area contributed by atoms with Crippen molar-refractivity contribution in [3.05, 3.63) is 59.4 Å². The van der Waals surface area contributed by atoms with Crippen LogP contribution in [0.5, 0.6) is 0 Å². The first-order valence-corrected chi connectivity index (χ1v) is 5.47. The zero-order valence-electron chi connectivity index (χ0n) is 9.85. The molecule has 0 saturated heterocycles. The molecule has 0 aliphatic carbocycles. The van der Waals surface area contributed by atoms with Crippen LogP contribution in [0.2, 0.25) is 0 Å². The molecule has 1 amide bonds. The second-order valence-electron chi connectivity index (χ2n) is 3.80. The number of halogens is 1. The average molecular weight is 245 g/mol. The van der Waals surface area contributed by atoms with Gasteiger partial charge >= 0.3 is 0 Å². The molecule has 92 valence electrons. The van der Waals surface area contributed by atoms with Gasteiger partial charge in [0.05, 0.1) is 0 Å². The van der Waals surface area contributed by atoms with Crippen molar-refractivity contribution >= 4 is 5.91 Å². The fourth-order valence-electron chi connectivity index (χ4n) is 1.46. The van der Waals surface area contributed by atoms with Gasteiger partial charge in [0.1, 0.15) is 17.3 Å². The first kappa shape index (κ1) is 12.2. The minimum absolute atomic E-state index is 0.273. The highest BCUT2D eigenvalue weighted by Crippen LogP contribution is 2.03. The lowest BCUT2D eigenvalue weighted by Crippen LogP contribution is -2.24. The van der Waals surface area contributed by atoms with Gasteiger partial charge in [-0.05, 0) is 30.7 Å². The lowest BCUT2D eigenvalue weighted by Gasteiger charge is -2.05. The van der Waals surface area contributed by atoms with Crippen molar-refractivity contribution in [3.63, 3.8) is 0 Å². The number of nitrogens with zero attached hydrogens (tertiary/aromatic N) is 2. The molecule has 1 N–H and O–H groups in total. The maximum absolute atomic E-state index is 12.7. The summed E-state index contributed by atoms with van der Waals surface area (Å²) in [4.78, 5) is 19.7. The van der Waals surface area contributed by atoms with E-state index in [1.807, 2.05) is 0 Å². The topological polar surface area (TPSA) is 54.9 Å². The molecule has 1 heterocycles. The van der Waals surface area contributed by atoms with Crippen LogP contribution in [0, 0.1) is 12.7 Å². The standard InChI is InChI=1S/C13H12FN3O/c1-9-15-7-6-12(17-9)13(18)16-8-10-2-4-11(14)5-3-10/h2-7H,8H2,1H3,(H,16,18). The molecule has 0 saturated carbocycles. The van der Waals surface area contributed by atoms with Gasteiger partial charge in [-0.15, -0.1) is 0 Å². The maximum Gasteiger partial charge on any atom is 0.270 e. The van der Waals surface area contributed by atoms with Gasteiger partial charge in [0.25, 0.3) is 5.91 Å². The molecule has 0 aliphatic rings. The van der Waals surface area contributed by atoms with Gasteiger partial charge in [-0.25, -0.2) is 14.4 Å². The van der Waals surface area contributed by atoms with Crippen LogP contribution in [0.3, 0.4) is 0 Å². The third kappa shape index (κ3) is 3.10. The molecule has 2 rings (SSSR count). The van der Waals surface area contributed by atoms with E-state index < -0.39 is 0 Å².